The predicted molar refractivity (Wildman–Crippen MR) is 111 cm³/mol. The van der Waals surface area contributed by atoms with Crippen molar-refractivity contribution in [1.82, 2.24) is 14.9 Å². The molecule has 0 bridgehead atoms. The van der Waals surface area contributed by atoms with E-state index in [1.165, 1.54) is 16.4 Å². The van der Waals surface area contributed by atoms with Crippen molar-refractivity contribution in [3.05, 3.63) is 39.6 Å². The molecule has 1 unspecified atom stereocenters. The van der Waals surface area contributed by atoms with Crippen molar-refractivity contribution in [2.24, 2.45) is 0 Å². The molecular weight excluding hydrogens is 444 g/mol. The van der Waals surface area contributed by atoms with Gasteiger partial charge in [-0.05, 0) is 38.8 Å². The highest BCUT2D eigenvalue weighted by Gasteiger charge is 2.32. The summed E-state index contributed by atoms with van der Waals surface area (Å²) in [4.78, 5) is 34.8. The fraction of sp³-hybridized carbons (Fsp3) is 0.474. The second-order valence-electron chi connectivity index (χ2n) is 7.22. The van der Waals surface area contributed by atoms with Gasteiger partial charge in [-0.25, -0.2) is 18.0 Å². The Morgan fingerprint density at radius 3 is 2.62 bits per heavy atom. The number of carbonyl (C=O) groups excluding carboxylic acids is 2. The van der Waals surface area contributed by atoms with E-state index in [0.29, 0.717) is 13.1 Å². The number of nitrogens with zero attached hydrogens (tertiary/aromatic N) is 2. The molecule has 0 spiro atoms. The largest absolute Gasteiger partial charge is 0.480 e. The number of nitrogens with one attached hydrogen (secondary N) is 2. The maximum absolute atomic E-state index is 12.7. The fourth-order valence-electron chi connectivity index (χ4n) is 3.54. The summed E-state index contributed by atoms with van der Waals surface area (Å²) in [5.41, 5.74) is -0.318. The van der Waals surface area contributed by atoms with Gasteiger partial charge in [0.25, 0.3) is 0 Å². The number of benzene rings is 1. The first-order valence-electron chi connectivity index (χ1n) is 10.0. The summed E-state index contributed by atoms with van der Waals surface area (Å²) in [5, 5.41) is 16.6. The van der Waals surface area contributed by atoms with Crippen molar-refractivity contribution in [2.45, 2.75) is 37.6 Å². The van der Waals surface area contributed by atoms with Crippen LogP contribution in [-0.4, -0.2) is 62.0 Å². The molecule has 2 aliphatic rings. The van der Waals surface area contributed by atoms with Crippen LogP contribution >= 0.6 is 0 Å². The van der Waals surface area contributed by atoms with Crippen molar-refractivity contribution < 1.29 is 32.4 Å². The van der Waals surface area contributed by atoms with Gasteiger partial charge < -0.3 is 20.1 Å². The number of nitro groups is 1. The average Bonchev–Trinajstić information content (AvgIpc) is 3.27. The predicted octanol–water partition coefficient (Wildman–Crippen LogP) is 1.28. The molecule has 0 aliphatic carbocycles. The zero-order chi connectivity index (χ0) is 23.5. The van der Waals surface area contributed by atoms with Crippen LogP contribution in [0.3, 0.4) is 0 Å². The molecule has 12 nitrogen and oxygen atoms in total. The zero-order valence-corrected chi connectivity index (χ0v) is 18.4. The van der Waals surface area contributed by atoms with Gasteiger partial charge in [0.15, 0.2) is 5.75 Å². The van der Waals surface area contributed by atoms with E-state index >= 15 is 0 Å². The van der Waals surface area contributed by atoms with Crippen molar-refractivity contribution >= 4 is 27.7 Å². The van der Waals surface area contributed by atoms with Crippen LogP contribution in [0.25, 0.3) is 0 Å². The number of amides is 2. The molecule has 0 radical (unpaired) electrons. The molecule has 174 valence electrons. The molecule has 1 aromatic carbocycles. The van der Waals surface area contributed by atoms with Gasteiger partial charge in [0.2, 0.25) is 10.0 Å². The first kappa shape index (κ1) is 23.5. The summed E-state index contributed by atoms with van der Waals surface area (Å²) in [7, 11) is -3.85. The van der Waals surface area contributed by atoms with Crippen LogP contribution in [0.5, 0.6) is 5.75 Å². The molecule has 0 saturated carbocycles. The Balaban J connectivity index is 1.89. The van der Waals surface area contributed by atoms with Gasteiger partial charge >= 0.3 is 17.7 Å². The highest BCUT2D eigenvalue weighted by Crippen LogP contribution is 2.32. The van der Waals surface area contributed by atoms with Crippen molar-refractivity contribution in [3.8, 4) is 5.75 Å². The number of carbonyl (C=O) groups is 2. The molecular formula is C19H24N4O8S. The minimum Gasteiger partial charge on any atom is -0.480 e. The Kier molecular flexibility index (Phi) is 6.99. The number of nitro benzene ring substituents is 1. The van der Waals surface area contributed by atoms with Crippen molar-refractivity contribution in [1.29, 1.82) is 0 Å². The number of urea groups is 1. The molecule has 0 aromatic heterocycles. The van der Waals surface area contributed by atoms with Gasteiger partial charge in [-0.1, -0.05) is 0 Å². The van der Waals surface area contributed by atoms with Gasteiger partial charge in [0, 0.05) is 19.2 Å². The molecule has 1 aromatic rings. The highest BCUT2D eigenvalue weighted by atomic mass is 32.2. The van der Waals surface area contributed by atoms with Crippen LogP contribution in [0, 0.1) is 10.1 Å². The summed E-state index contributed by atoms with van der Waals surface area (Å²) < 4.78 is 37.3. The average molecular weight is 468 g/mol. The van der Waals surface area contributed by atoms with E-state index in [0.717, 1.165) is 18.9 Å². The first-order chi connectivity index (χ1) is 15.1. The minimum atomic E-state index is -3.85. The summed E-state index contributed by atoms with van der Waals surface area (Å²) in [6, 6.07) is 2.15. The minimum absolute atomic E-state index is 0.0998. The number of ether oxygens (including phenoxy) is 2. The lowest BCUT2D eigenvalue weighted by atomic mass is 10.0. The Bertz CT molecular complexity index is 1060. The van der Waals surface area contributed by atoms with Crippen LogP contribution in [0.4, 0.5) is 10.5 Å². The molecule has 1 saturated heterocycles. The van der Waals surface area contributed by atoms with E-state index in [2.05, 4.69) is 10.6 Å². The second kappa shape index (κ2) is 9.53. The van der Waals surface area contributed by atoms with Gasteiger partial charge in [0.05, 0.1) is 33.7 Å². The Labute approximate surface area is 184 Å². The van der Waals surface area contributed by atoms with E-state index < -0.39 is 38.7 Å². The van der Waals surface area contributed by atoms with Crippen LogP contribution < -0.4 is 15.4 Å². The van der Waals surface area contributed by atoms with Gasteiger partial charge in [-0.3, -0.25) is 10.1 Å². The smallest absolute Gasteiger partial charge is 0.338 e. The number of sulfonamides is 1. The molecule has 32 heavy (non-hydrogen) atoms. The topological polar surface area (TPSA) is 157 Å². The molecule has 2 N–H and O–H groups in total. The summed E-state index contributed by atoms with van der Waals surface area (Å²) in [5.74, 6) is -0.862. The van der Waals surface area contributed by atoms with Crippen LogP contribution in [-0.2, 0) is 19.6 Å². The molecule has 2 amide bonds. The number of hydrogen-bond donors (Lipinski definition) is 2. The third-order valence-corrected chi connectivity index (χ3v) is 6.96. The Morgan fingerprint density at radius 1 is 1.31 bits per heavy atom. The zero-order valence-electron chi connectivity index (χ0n) is 17.6. The lowest BCUT2D eigenvalue weighted by Crippen LogP contribution is -2.50. The Morgan fingerprint density at radius 2 is 2.00 bits per heavy atom. The monoisotopic (exact) mass is 468 g/mol. The standard InChI is InChI=1S/C19H24N4O8S/c1-3-30-18(24)17-12(2)20-19(25)21-14(17)11-31-16-7-6-13(10-15(16)23(26)27)32(28,29)22-8-4-5-9-22/h6-7,10,12H,3-5,8-9,11H2,1-2H3,(H2,20,21,25). The van der Waals surface area contributed by atoms with E-state index in [-0.39, 0.29) is 35.1 Å². The van der Waals surface area contributed by atoms with Crippen molar-refractivity contribution in [3.63, 3.8) is 0 Å². The fourth-order valence-corrected chi connectivity index (χ4v) is 5.08. The highest BCUT2D eigenvalue weighted by molar-refractivity contribution is 7.89. The van der Waals surface area contributed by atoms with Crippen LogP contribution in [0.15, 0.2) is 34.4 Å². The molecule has 1 fully saturated rings. The van der Waals surface area contributed by atoms with E-state index in [1.807, 2.05) is 0 Å². The molecule has 2 heterocycles. The van der Waals surface area contributed by atoms with Crippen molar-refractivity contribution in [2.75, 3.05) is 26.3 Å². The van der Waals surface area contributed by atoms with E-state index in [9.17, 15) is 28.1 Å². The quantitative estimate of drug-likeness (QED) is 0.328. The number of rotatable bonds is 8. The maximum Gasteiger partial charge on any atom is 0.338 e. The lowest BCUT2D eigenvalue weighted by Gasteiger charge is -2.26. The SMILES string of the molecule is CCOC(=O)C1=C(COc2ccc(S(=O)(=O)N3CCCC3)cc2[N+](=O)[O-])NC(=O)NC1C. The maximum atomic E-state index is 12.7. The molecule has 1 atom stereocenters. The van der Waals surface area contributed by atoms with Gasteiger partial charge in [0.1, 0.15) is 6.61 Å². The molecule has 3 rings (SSSR count). The summed E-state index contributed by atoms with van der Waals surface area (Å²) in [6.45, 7) is 3.71. The third-order valence-electron chi connectivity index (χ3n) is 5.07. The summed E-state index contributed by atoms with van der Waals surface area (Å²) >= 11 is 0. The van der Waals surface area contributed by atoms with E-state index in [1.54, 1.807) is 13.8 Å². The molecule has 2 aliphatic heterocycles. The second-order valence-corrected chi connectivity index (χ2v) is 9.16. The first-order valence-corrected chi connectivity index (χ1v) is 11.5. The normalized spacial score (nSPS) is 19.3. The number of esters is 1. The van der Waals surface area contributed by atoms with Crippen LogP contribution in [0.2, 0.25) is 0 Å². The number of hydrogen-bond acceptors (Lipinski definition) is 8. The van der Waals surface area contributed by atoms with Gasteiger partial charge in [-0.2, -0.15) is 4.31 Å². The summed E-state index contributed by atoms with van der Waals surface area (Å²) in [6.07, 6.45) is 1.47. The van der Waals surface area contributed by atoms with E-state index in [4.69, 9.17) is 9.47 Å². The molecule has 13 heteroatoms. The lowest BCUT2D eigenvalue weighted by molar-refractivity contribution is -0.386. The van der Waals surface area contributed by atoms with Gasteiger partial charge in [-0.15, -0.1) is 0 Å². The Hall–Kier alpha value is -3.19. The van der Waals surface area contributed by atoms with Crippen LogP contribution in [0.1, 0.15) is 26.7 Å². The third kappa shape index (κ3) is 4.83.